The Morgan fingerprint density at radius 1 is 1.07 bits per heavy atom. The van der Waals surface area contributed by atoms with E-state index in [1.807, 2.05) is 0 Å². The number of alkyl halides is 1. The van der Waals surface area contributed by atoms with Crippen LogP contribution in [0.25, 0.3) is 0 Å². The zero-order valence-corrected chi connectivity index (χ0v) is 10.3. The fourth-order valence-electron chi connectivity index (χ4n) is 0.936. The van der Waals surface area contributed by atoms with Crippen molar-refractivity contribution in [3.8, 4) is 0 Å². The molecule has 0 aliphatic carbocycles. The Kier molecular flexibility index (Phi) is 10.6. The fourth-order valence-corrected chi connectivity index (χ4v) is 1.16. The van der Waals surface area contributed by atoms with Gasteiger partial charge in [-0.2, -0.15) is 0 Å². The van der Waals surface area contributed by atoms with Crippen molar-refractivity contribution in [1.82, 2.24) is 0 Å². The van der Waals surface area contributed by atoms with E-state index in [0.29, 0.717) is 13.2 Å². The quantitative estimate of drug-likeness (QED) is 0.383. The first kappa shape index (κ1) is 13.8. The molecule has 0 aromatic carbocycles. The molecular formula is C10H19BrO3. The third kappa shape index (κ3) is 9.84. The van der Waals surface area contributed by atoms with Gasteiger partial charge in [0.05, 0.1) is 13.2 Å². The average molecular weight is 267 g/mol. The molecule has 0 aliphatic rings. The number of rotatable bonds is 8. The van der Waals surface area contributed by atoms with E-state index >= 15 is 0 Å². The lowest BCUT2D eigenvalue weighted by molar-refractivity contribution is 0.0544. The van der Waals surface area contributed by atoms with Crippen LogP contribution >= 0.6 is 15.9 Å². The van der Waals surface area contributed by atoms with Crippen LogP contribution in [0.15, 0.2) is 0 Å². The maximum absolute atomic E-state index is 10.9. The highest BCUT2D eigenvalue weighted by molar-refractivity contribution is 9.09. The monoisotopic (exact) mass is 266 g/mol. The van der Waals surface area contributed by atoms with Crippen LogP contribution in [0.4, 0.5) is 4.79 Å². The molecule has 0 aliphatic heterocycles. The van der Waals surface area contributed by atoms with Crippen LogP contribution in [-0.2, 0) is 9.47 Å². The molecule has 0 rings (SSSR count). The van der Waals surface area contributed by atoms with E-state index in [-0.39, 0.29) is 0 Å². The molecule has 0 radical (unpaired) electrons. The Labute approximate surface area is 94.3 Å². The van der Waals surface area contributed by atoms with Crippen molar-refractivity contribution in [3.05, 3.63) is 0 Å². The van der Waals surface area contributed by atoms with E-state index < -0.39 is 6.16 Å². The molecule has 0 saturated heterocycles. The van der Waals surface area contributed by atoms with Crippen molar-refractivity contribution in [2.75, 3.05) is 18.5 Å². The van der Waals surface area contributed by atoms with Gasteiger partial charge in [0.1, 0.15) is 0 Å². The standard InChI is InChI=1S/C10H19BrO3/c1-2-3-4-5-8-13-10(12)14-9-6-7-11/h2-9H2,1H3. The van der Waals surface area contributed by atoms with Gasteiger partial charge in [-0.15, -0.1) is 0 Å². The molecule has 0 atom stereocenters. The molecule has 0 aromatic rings. The van der Waals surface area contributed by atoms with Crippen molar-refractivity contribution >= 4 is 22.1 Å². The van der Waals surface area contributed by atoms with Crippen molar-refractivity contribution in [3.63, 3.8) is 0 Å². The van der Waals surface area contributed by atoms with Crippen LogP contribution in [-0.4, -0.2) is 24.7 Å². The maximum Gasteiger partial charge on any atom is 0.508 e. The minimum absolute atomic E-state index is 0.430. The van der Waals surface area contributed by atoms with Crippen molar-refractivity contribution < 1.29 is 14.3 Å². The summed E-state index contributed by atoms with van der Waals surface area (Å²) in [6, 6.07) is 0. The molecule has 0 N–H and O–H groups in total. The molecule has 84 valence electrons. The second-order valence-electron chi connectivity index (χ2n) is 3.05. The van der Waals surface area contributed by atoms with Gasteiger partial charge in [-0.3, -0.25) is 0 Å². The number of ether oxygens (including phenoxy) is 2. The summed E-state index contributed by atoms with van der Waals surface area (Å²) < 4.78 is 9.66. The molecule has 0 fully saturated rings. The Hall–Kier alpha value is -0.250. The molecule has 0 bridgehead atoms. The summed E-state index contributed by atoms with van der Waals surface area (Å²) in [6.07, 6.45) is 4.72. The van der Waals surface area contributed by atoms with Gasteiger partial charge in [0.25, 0.3) is 0 Å². The van der Waals surface area contributed by atoms with Gasteiger partial charge in [0.15, 0.2) is 0 Å². The van der Waals surface area contributed by atoms with Crippen molar-refractivity contribution in [2.45, 2.75) is 39.0 Å². The normalized spacial score (nSPS) is 9.86. The third-order valence-electron chi connectivity index (χ3n) is 1.72. The van der Waals surface area contributed by atoms with Crippen LogP contribution in [0, 0.1) is 0 Å². The zero-order chi connectivity index (χ0) is 10.6. The lowest BCUT2D eigenvalue weighted by Crippen LogP contribution is -2.09. The van der Waals surface area contributed by atoms with Crippen molar-refractivity contribution in [1.29, 1.82) is 0 Å². The van der Waals surface area contributed by atoms with E-state index in [1.165, 1.54) is 12.8 Å². The second-order valence-corrected chi connectivity index (χ2v) is 3.84. The SMILES string of the molecule is CCCCCCOC(=O)OCCCBr. The van der Waals surface area contributed by atoms with E-state index in [4.69, 9.17) is 9.47 Å². The zero-order valence-electron chi connectivity index (χ0n) is 8.76. The summed E-state index contributed by atoms with van der Waals surface area (Å²) in [7, 11) is 0. The summed E-state index contributed by atoms with van der Waals surface area (Å²) in [4.78, 5) is 10.9. The van der Waals surface area contributed by atoms with Gasteiger partial charge >= 0.3 is 6.16 Å². The predicted molar refractivity (Wildman–Crippen MR) is 59.9 cm³/mol. The summed E-state index contributed by atoms with van der Waals surface area (Å²) in [5.41, 5.74) is 0. The lowest BCUT2D eigenvalue weighted by Gasteiger charge is -2.04. The van der Waals surface area contributed by atoms with Gasteiger partial charge in [0.2, 0.25) is 0 Å². The first-order valence-corrected chi connectivity index (χ1v) is 6.29. The second kappa shape index (κ2) is 10.8. The van der Waals surface area contributed by atoms with Gasteiger partial charge < -0.3 is 9.47 Å². The van der Waals surface area contributed by atoms with Gasteiger partial charge in [0, 0.05) is 5.33 Å². The Balaban J connectivity index is 3.10. The van der Waals surface area contributed by atoms with E-state index in [1.54, 1.807) is 0 Å². The van der Waals surface area contributed by atoms with Crippen LogP contribution in [0.3, 0.4) is 0 Å². The number of hydrogen-bond acceptors (Lipinski definition) is 3. The summed E-state index contributed by atoms with van der Waals surface area (Å²) >= 11 is 3.25. The minimum atomic E-state index is -0.539. The number of halogens is 1. The Morgan fingerprint density at radius 2 is 1.71 bits per heavy atom. The molecule has 0 saturated carbocycles. The first-order chi connectivity index (χ1) is 6.81. The molecule has 0 heterocycles. The third-order valence-corrected chi connectivity index (χ3v) is 2.28. The van der Waals surface area contributed by atoms with Gasteiger partial charge in [-0.25, -0.2) is 4.79 Å². The lowest BCUT2D eigenvalue weighted by atomic mass is 10.2. The predicted octanol–water partition coefficient (Wildman–Crippen LogP) is 3.50. The molecule has 14 heavy (non-hydrogen) atoms. The minimum Gasteiger partial charge on any atom is -0.434 e. The summed E-state index contributed by atoms with van der Waals surface area (Å²) in [6.45, 7) is 3.06. The van der Waals surface area contributed by atoms with E-state index in [0.717, 1.165) is 24.6 Å². The van der Waals surface area contributed by atoms with Crippen LogP contribution in [0.2, 0.25) is 0 Å². The highest BCUT2D eigenvalue weighted by atomic mass is 79.9. The highest BCUT2D eigenvalue weighted by Gasteiger charge is 2.01. The molecule has 0 spiro atoms. The maximum atomic E-state index is 10.9. The number of unbranched alkanes of at least 4 members (excludes halogenated alkanes) is 3. The van der Waals surface area contributed by atoms with Gasteiger partial charge in [-0.1, -0.05) is 42.1 Å². The van der Waals surface area contributed by atoms with Gasteiger partial charge in [-0.05, 0) is 12.8 Å². The molecule has 4 heteroatoms. The number of carbonyl (C=O) groups excluding carboxylic acids is 1. The topological polar surface area (TPSA) is 35.5 Å². The van der Waals surface area contributed by atoms with Crippen molar-refractivity contribution in [2.24, 2.45) is 0 Å². The molecule has 0 aromatic heterocycles. The molecule has 0 unspecified atom stereocenters. The summed E-state index contributed by atoms with van der Waals surface area (Å²) in [5.74, 6) is 0. The number of hydrogen-bond donors (Lipinski definition) is 0. The van der Waals surface area contributed by atoms with Crippen LogP contribution in [0.5, 0.6) is 0 Å². The highest BCUT2D eigenvalue weighted by Crippen LogP contribution is 2.00. The van der Waals surface area contributed by atoms with E-state index in [2.05, 4.69) is 22.9 Å². The first-order valence-electron chi connectivity index (χ1n) is 5.16. The Morgan fingerprint density at radius 3 is 2.29 bits per heavy atom. The molecule has 3 nitrogen and oxygen atoms in total. The Bertz CT molecular complexity index is 139. The smallest absolute Gasteiger partial charge is 0.434 e. The largest absolute Gasteiger partial charge is 0.508 e. The molecule has 0 amide bonds. The summed E-state index contributed by atoms with van der Waals surface area (Å²) in [5, 5.41) is 0.844. The van der Waals surface area contributed by atoms with Crippen LogP contribution < -0.4 is 0 Å². The van der Waals surface area contributed by atoms with E-state index in [9.17, 15) is 4.79 Å². The average Bonchev–Trinajstić information content (AvgIpc) is 2.18. The van der Waals surface area contributed by atoms with Crippen LogP contribution in [0.1, 0.15) is 39.0 Å². The molecular weight excluding hydrogens is 248 g/mol. The number of carbonyl (C=O) groups is 1. The fraction of sp³-hybridized carbons (Fsp3) is 0.900.